The third-order valence-electron chi connectivity index (χ3n) is 3.16. The van der Waals surface area contributed by atoms with Crippen molar-refractivity contribution >= 4 is 11.3 Å². The lowest BCUT2D eigenvalue weighted by molar-refractivity contribution is 0.112. The smallest absolute Gasteiger partial charge is 0.0279 e. The van der Waals surface area contributed by atoms with E-state index >= 15 is 0 Å². The van der Waals surface area contributed by atoms with Crippen molar-refractivity contribution in [2.45, 2.75) is 32.4 Å². The molecule has 0 bridgehead atoms. The van der Waals surface area contributed by atoms with Gasteiger partial charge in [0.15, 0.2) is 0 Å². The molecule has 3 heteroatoms. The summed E-state index contributed by atoms with van der Waals surface area (Å²) in [5.74, 6) is 0. The Labute approximate surface area is 89.7 Å². The van der Waals surface area contributed by atoms with E-state index in [1.807, 2.05) is 11.3 Å². The van der Waals surface area contributed by atoms with Crippen LogP contribution >= 0.6 is 11.3 Å². The number of nitrogens with zero attached hydrogens (tertiary/aromatic N) is 1. The van der Waals surface area contributed by atoms with Gasteiger partial charge in [-0.05, 0) is 37.3 Å². The van der Waals surface area contributed by atoms with E-state index in [0.717, 1.165) is 19.6 Å². The molecule has 0 aromatic carbocycles. The first-order valence-corrected chi connectivity index (χ1v) is 6.02. The van der Waals surface area contributed by atoms with E-state index in [9.17, 15) is 0 Å². The van der Waals surface area contributed by atoms with E-state index in [0.29, 0.717) is 0 Å². The second kappa shape index (κ2) is 3.65. The van der Waals surface area contributed by atoms with Gasteiger partial charge in [-0.3, -0.25) is 4.90 Å². The van der Waals surface area contributed by atoms with Crippen molar-refractivity contribution < 1.29 is 0 Å². The standard InChI is InChI=1S/C11H18N2S/c1-11(2,8-12)13-5-3-10-9(7-13)4-6-14-10/h4,6H,3,5,7-8,12H2,1-2H3. The molecule has 0 atom stereocenters. The van der Waals surface area contributed by atoms with Crippen LogP contribution in [0.3, 0.4) is 0 Å². The molecule has 1 aromatic heterocycles. The van der Waals surface area contributed by atoms with Gasteiger partial charge in [-0.2, -0.15) is 0 Å². The highest BCUT2D eigenvalue weighted by Gasteiger charge is 2.28. The second-order valence-electron chi connectivity index (χ2n) is 4.56. The zero-order chi connectivity index (χ0) is 10.2. The number of thiophene rings is 1. The zero-order valence-corrected chi connectivity index (χ0v) is 9.73. The Morgan fingerprint density at radius 1 is 1.57 bits per heavy atom. The molecule has 2 heterocycles. The lowest BCUT2D eigenvalue weighted by Crippen LogP contribution is -2.50. The van der Waals surface area contributed by atoms with Crippen LogP contribution in [0, 0.1) is 0 Å². The summed E-state index contributed by atoms with van der Waals surface area (Å²) in [6.07, 6.45) is 1.19. The first kappa shape index (κ1) is 10.1. The Balaban J connectivity index is 2.15. The topological polar surface area (TPSA) is 29.3 Å². The van der Waals surface area contributed by atoms with Crippen molar-refractivity contribution in [1.82, 2.24) is 4.90 Å². The molecule has 0 amide bonds. The molecule has 0 unspecified atom stereocenters. The predicted octanol–water partition coefficient (Wildman–Crippen LogP) is 1.84. The summed E-state index contributed by atoms with van der Waals surface area (Å²) in [4.78, 5) is 4.05. The summed E-state index contributed by atoms with van der Waals surface area (Å²) in [5.41, 5.74) is 7.43. The number of fused-ring (bicyclic) bond motifs is 1. The molecule has 0 aliphatic carbocycles. The van der Waals surface area contributed by atoms with Crippen LogP contribution in [-0.4, -0.2) is 23.5 Å². The van der Waals surface area contributed by atoms with Crippen molar-refractivity contribution in [3.63, 3.8) is 0 Å². The Morgan fingerprint density at radius 2 is 2.36 bits per heavy atom. The van der Waals surface area contributed by atoms with E-state index in [2.05, 4.69) is 30.2 Å². The van der Waals surface area contributed by atoms with Crippen LogP contribution in [0.2, 0.25) is 0 Å². The van der Waals surface area contributed by atoms with Gasteiger partial charge in [-0.25, -0.2) is 0 Å². The minimum absolute atomic E-state index is 0.139. The third-order valence-corrected chi connectivity index (χ3v) is 4.19. The molecule has 0 saturated heterocycles. The van der Waals surface area contributed by atoms with Crippen LogP contribution in [0.4, 0.5) is 0 Å². The Hall–Kier alpha value is -0.380. The summed E-state index contributed by atoms with van der Waals surface area (Å²) in [5, 5.41) is 2.20. The van der Waals surface area contributed by atoms with Crippen molar-refractivity contribution in [2.75, 3.05) is 13.1 Å². The fourth-order valence-corrected chi connectivity index (χ4v) is 2.78. The molecule has 2 rings (SSSR count). The van der Waals surface area contributed by atoms with Gasteiger partial charge >= 0.3 is 0 Å². The van der Waals surface area contributed by atoms with Crippen LogP contribution in [0.25, 0.3) is 0 Å². The van der Waals surface area contributed by atoms with Gasteiger partial charge in [-0.15, -0.1) is 11.3 Å². The molecule has 0 saturated carbocycles. The highest BCUT2D eigenvalue weighted by molar-refractivity contribution is 7.10. The summed E-state index contributed by atoms with van der Waals surface area (Å²) in [6, 6.07) is 2.25. The number of nitrogens with two attached hydrogens (primary N) is 1. The van der Waals surface area contributed by atoms with E-state index in [4.69, 9.17) is 5.73 Å². The molecule has 2 nitrogen and oxygen atoms in total. The molecule has 1 aromatic rings. The Morgan fingerprint density at radius 3 is 3.07 bits per heavy atom. The molecular weight excluding hydrogens is 192 g/mol. The fraction of sp³-hybridized carbons (Fsp3) is 0.636. The maximum atomic E-state index is 5.79. The molecule has 0 spiro atoms. The maximum Gasteiger partial charge on any atom is 0.0279 e. The summed E-state index contributed by atoms with van der Waals surface area (Å²) in [7, 11) is 0. The van der Waals surface area contributed by atoms with Gasteiger partial charge in [-0.1, -0.05) is 0 Å². The highest BCUT2D eigenvalue weighted by Crippen LogP contribution is 2.27. The van der Waals surface area contributed by atoms with Crippen LogP contribution in [0.15, 0.2) is 11.4 Å². The second-order valence-corrected chi connectivity index (χ2v) is 5.56. The van der Waals surface area contributed by atoms with Gasteiger partial charge in [0.1, 0.15) is 0 Å². The average Bonchev–Trinajstić information content (AvgIpc) is 2.64. The molecule has 0 radical (unpaired) electrons. The number of hydrogen-bond donors (Lipinski definition) is 1. The zero-order valence-electron chi connectivity index (χ0n) is 8.92. The van der Waals surface area contributed by atoms with Crippen molar-refractivity contribution in [3.8, 4) is 0 Å². The summed E-state index contributed by atoms with van der Waals surface area (Å²) >= 11 is 1.89. The first-order chi connectivity index (χ1) is 6.63. The van der Waals surface area contributed by atoms with Crippen molar-refractivity contribution in [3.05, 3.63) is 21.9 Å². The van der Waals surface area contributed by atoms with Gasteiger partial charge in [0, 0.05) is 30.1 Å². The fourth-order valence-electron chi connectivity index (χ4n) is 1.89. The molecule has 1 aliphatic heterocycles. The molecule has 1 aliphatic rings. The van der Waals surface area contributed by atoms with Crippen molar-refractivity contribution in [1.29, 1.82) is 0 Å². The third kappa shape index (κ3) is 1.72. The SMILES string of the molecule is CC(C)(CN)N1CCc2sccc2C1. The lowest BCUT2D eigenvalue weighted by atomic mass is 9.98. The number of rotatable bonds is 2. The van der Waals surface area contributed by atoms with Gasteiger partial charge < -0.3 is 5.73 Å². The summed E-state index contributed by atoms with van der Waals surface area (Å²) < 4.78 is 0. The van der Waals surface area contributed by atoms with E-state index in [-0.39, 0.29) is 5.54 Å². The minimum Gasteiger partial charge on any atom is -0.329 e. The monoisotopic (exact) mass is 210 g/mol. The molecule has 2 N–H and O–H groups in total. The van der Waals surface area contributed by atoms with Crippen LogP contribution in [0.1, 0.15) is 24.3 Å². The van der Waals surface area contributed by atoms with Crippen molar-refractivity contribution in [2.24, 2.45) is 5.73 Å². The van der Waals surface area contributed by atoms with Gasteiger partial charge in [0.25, 0.3) is 0 Å². The Kier molecular flexibility index (Phi) is 2.64. The van der Waals surface area contributed by atoms with Gasteiger partial charge in [0.05, 0.1) is 0 Å². The Bertz CT molecular complexity index is 317. The van der Waals surface area contributed by atoms with E-state index < -0.39 is 0 Å². The van der Waals surface area contributed by atoms with Gasteiger partial charge in [0.2, 0.25) is 0 Å². The molecule has 78 valence electrons. The first-order valence-electron chi connectivity index (χ1n) is 5.14. The quantitative estimate of drug-likeness (QED) is 0.807. The minimum atomic E-state index is 0.139. The normalized spacial score (nSPS) is 18.2. The van der Waals surface area contributed by atoms with Crippen LogP contribution in [-0.2, 0) is 13.0 Å². The predicted molar refractivity (Wildman–Crippen MR) is 61.6 cm³/mol. The molecule has 0 fully saturated rings. The van der Waals surface area contributed by atoms with Crippen LogP contribution < -0.4 is 5.73 Å². The highest BCUT2D eigenvalue weighted by atomic mass is 32.1. The number of hydrogen-bond acceptors (Lipinski definition) is 3. The molecular formula is C11H18N2S. The van der Waals surface area contributed by atoms with Crippen LogP contribution in [0.5, 0.6) is 0 Å². The van der Waals surface area contributed by atoms with E-state index in [1.54, 1.807) is 4.88 Å². The maximum absolute atomic E-state index is 5.79. The van der Waals surface area contributed by atoms with E-state index in [1.165, 1.54) is 12.0 Å². The summed E-state index contributed by atoms with van der Waals surface area (Å²) in [6.45, 7) is 7.40. The average molecular weight is 210 g/mol. The largest absolute Gasteiger partial charge is 0.329 e. The molecule has 14 heavy (non-hydrogen) atoms. The lowest BCUT2D eigenvalue weighted by Gasteiger charge is -2.40.